The molecule has 2 N–H and O–H groups in total. The van der Waals surface area contributed by atoms with Crippen molar-refractivity contribution < 1.29 is 62.6 Å². The molecule has 13 nitrogen and oxygen atoms in total. The van der Waals surface area contributed by atoms with Gasteiger partial charge in [0.15, 0.2) is 5.78 Å². The molecule has 2 aliphatic rings. The SMILES string of the molecule is CC(=C1C=C(C(C)(C)C)OC(C(C)(C)C)=C1)C1=C([O-])/C(=C(\C)c2cc(C(C)(C)C)[o+]c(C(C)(C)C)c2)C1=O.CCc1cc(C(C)(C)C)[o+]c(C(C)(C)C)c1.O=c1c(O)c(O)c1=O.[O-][Cl+3]([O-])([O-])[O-]. The lowest BCUT2D eigenvalue weighted by molar-refractivity contribution is -2.00. The number of hydrogen-bond acceptors (Lipinski definition) is 11. The summed E-state index contributed by atoms with van der Waals surface area (Å²) in [5.74, 6) is 3.41. The molecule has 0 spiro atoms. The molecule has 0 saturated heterocycles. The van der Waals surface area contributed by atoms with E-state index in [4.69, 9.17) is 42.4 Å². The van der Waals surface area contributed by atoms with E-state index in [-0.39, 0.29) is 55.2 Å². The van der Waals surface area contributed by atoms with Crippen LogP contribution in [0.2, 0.25) is 0 Å². The van der Waals surface area contributed by atoms with E-state index in [9.17, 15) is 19.5 Å². The lowest BCUT2D eigenvalue weighted by Gasteiger charge is -2.35. The summed E-state index contributed by atoms with van der Waals surface area (Å²) >= 11 is 0. The summed E-state index contributed by atoms with van der Waals surface area (Å²) in [5.41, 5.74) is 2.22. The van der Waals surface area contributed by atoms with Gasteiger partial charge in [0, 0.05) is 46.2 Å². The maximum Gasteiger partial charge on any atom is 0.335 e. The zero-order valence-corrected chi connectivity index (χ0v) is 44.2. The van der Waals surface area contributed by atoms with Crippen molar-refractivity contribution in [2.24, 2.45) is 10.8 Å². The average Bonchev–Trinajstić information content (AvgIpc) is 3.17. The highest BCUT2D eigenvalue weighted by molar-refractivity contribution is 6.25. The van der Waals surface area contributed by atoms with Gasteiger partial charge in [0.1, 0.15) is 11.5 Å². The molecule has 0 atom stereocenters. The molecule has 1 aliphatic heterocycles. The summed E-state index contributed by atoms with van der Waals surface area (Å²) in [4.78, 5) is 33.5. The Morgan fingerprint density at radius 2 is 0.881 bits per heavy atom. The third-order valence-corrected chi connectivity index (χ3v) is 10.7. The number of ketones is 1. The minimum Gasteiger partial charge on any atom is -0.871 e. The van der Waals surface area contributed by atoms with Gasteiger partial charge in [0.05, 0.1) is 21.7 Å². The molecule has 0 radical (unpaired) electrons. The summed E-state index contributed by atoms with van der Waals surface area (Å²) in [7, 11) is -4.94. The predicted molar refractivity (Wildman–Crippen MR) is 249 cm³/mol. The number of carbonyl (C=O) groups is 1. The highest BCUT2D eigenvalue weighted by Crippen LogP contribution is 2.44. The number of aryl methyl sites for hydroxylation is 1. The van der Waals surface area contributed by atoms with Crippen LogP contribution >= 0.6 is 0 Å². The van der Waals surface area contributed by atoms with Crippen molar-refractivity contribution in [1.29, 1.82) is 0 Å². The monoisotopic (exact) mass is 952 g/mol. The maximum atomic E-state index is 13.5. The van der Waals surface area contributed by atoms with Crippen LogP contribution in [-0.4, -0.2) is 16.0 Å². The zero-order chi connectivity index (χ0) is 52.5. The van der Waals surface area contributed by atoms with E-state index in [2.05, 4.69) is 144 Å². The molecule has 1 aliphatic carbocycles. The lowest BCUT2D eigenvalue weighted by Crippen LogP contribution is -2.68. The van der Waals surface area contributed by atoms with Crippen LogP contribution in [0.5, 0.6) is 11.5 Å². The summed E-state index contributed by atoms with van der Waals surface area (Å²) in [6.45, 7) is 44.2. The second-order valence-corrected chi connectivity index (χ2v) is 23.8. The van der Waals surface area contributed by atoms with Crippen molar-refractivity contribution >= 4 is 11.4 Å². The van der Waals surface area contributed by atoms with Gasteiger partial charge >= 0.3 is 23.0 Å². The van der Waals surface area contributed by atoms with Crippen LogP contribution in [0.4, 0.5) is 0 Å². The molecule has 5 rings (SSSR count). The highest BCUT2D eigenvalue weighted by Gasteiger charge is 2.38. The van der Waals surface area contributed by atoms with E-state index < -0.39 is 32.6 Å². The quantitative estimate of drug-likeness (QED) is 0.153. The minimum absolute atomic E-state index is 0.0746. The molecule has 370 valence electrons. The Bertz CT molecular complexity index is 2430. The molecule has 0 fully saturated rings. The summed E-state index contributed by atoms with van der Waals surface area (Å²) in [6.07, 6.45) is 5.00. The van der Waals surface area contributed by atoms with Crippen molar-refractivity contribution in [3.63, 3.8) is 0 Å². The summed E-state index contributed by atoms with van der Waals surface area (Å²) < 4.78 is 52.6. The number of hydrogen-bond donors (Lipinski definition) is 2. The number of allylic oxidation sites excluding steroid dienone is 9. The van der Waals surface area contributed by atoms with Gasteiger partial charge in [-0.05, 0) is 143 Å². The first kappa shape index (κ1) is 58.2. The Labute approximate surface area is 399 Å². The Balaban J connectivity index is 0.000000429. The maximum absolute atomic E-state index is 13.5. The number of carbonyl (C=O) groups excluding carboxylic acids is 1. The Morgan fingerprint density at radius 3 is 1.13 bits per heavy atom. The summed E-state index contributed by atoms with van der Waals surface area (Å²) in [5, 5.41) is 30.0. The molecule has 3 aromatic rings. The molecular formula is C53H73ClO13. The van der Waals surface area contributed by atoms with Crippen LogP contribution in [0.25, 0.3) is 5.57 Å². The van der Waals surface area contributed by atoms with Gasteiger partial charge in [-0.3, -0.25) is 14.4 Å². The standard InChI is InChI=1S/C34H46O4.C15H25O.C4H2O4.ClHO4/c1-19(21-15-23(31(3,4)5)37-24(16-21)32(6,7)8)27-29(35)28(30(27)36)20(2)22-17-25(33(9,10)11)38-26(18-22)34(12,13)14;1-8-11-9-12(14(2,3)4)16-13(10-11)15(5,6)7;5-1-2(6)4(8)3(1)7;2-1(3,4)5/h15-18H,1-14H3;9-10H,8H2,1-7H3;5-6H;(H,2,3,4,5)/q;+1;;/p-1. The van der Waals surface area contributed by atoms with Crippen LogP contribution in [0.3, 0.4) is 0 Å². The van der Waals surface area contributed by atoms with Gasteiger partial charge < -0.3 is 20.1 Å². The largest absolute Gasteiger partial charge is 0.871 e. The predicted octanol–water partition coefficient (Wildman–Crippen LogP) is 6.99. The molecule has 0 unspecified atom stereocenters. The number of ether oxygens (including phenoxy) is 1. The number of aromatic hydroxyl groups is 2. The zero-order valence-electron chi connectivity index (χ0n) is 43.4. The van der Waals surface area contributed by atoms with E-state index >= 15 is 0 Å². The number of rotatable bonds is 3. The van der Waals surface area contributed by atoms with Gasteiger partial charge in [-0.2, -0.15) is 0 Å². The molecule has 0 bridgehead atoms. The van der Waals surface area contributed by atoms with Crippen LogP contribution in [0.1, 0.15) is 180 Å². The van der Waals surface area contributed by atoms with Gasteiger partial charge in [-0.1, -0.05) is 54.2 Å². The van der Waals surface area contributed by atoms with Crippen molar-refractivity contribution in [3.05, 3.63) is 131 Å². The second-order valence-electron chi connectivity index (χ2n) is 23.1. The van der Waals surface area contributed by atoms with Crippen LogP contribution in [0.15, 0.2) is 94.4 Å². The molecule has 0 saturated carbocycles. The van der Waals surface area contributed by atoms with E-state index in [1.54, 1.807) is 0 Å². The van der Waals surface area contributed by atoms with E-state index in [0.717, 1.165) is 52.1 Å². The van der Waals surface area contributed by atoms with Gasteiger partial charge in [0.25, 0.3) is 10.9 Å². The van der Waals surface area contributed by atoms with Crippen molar-refractivity contribution in [2.45, 2.75) is 173 Å². The van der Waals surface area contributed by atoms with Crippen LogP contribution in [-0.2, 0) is 37.6 Å². The first-order chi connectivity index (χ1) is 29.8. The lowest BCUT2D eigenvalue weighted by atomic mass is 9.77. The Hall–Kier alpha value is -4.92. The van der Waals surface area contributed by atoms with Crippen LogP contribution < -0.4 is 34.6 Å². The van der Waals surface area contributed by atoms with E-state index in [1.165, 1.54) is 5.56 Å². The summed E-state index contributed by atoms with van der Waals surface area (Å²) in [6, 6.07) is 8.32. The molecule has 3 heterocycles. The molecule has 0 amide bonds. The fourth-order valence-electron chi connectivity index (χ4n) is 6.14. The topological polar surface area (TPSA) is 239 Å². The number of Topliss-reactive ketones (excluding diaryl/α,β-unsaturated/α-hetero) is 1. The smallest absolute Gasteiger partial charge is 0.335 e. The fraction of sp³-hybridized carbons (Fsp3) is 0.528. The molecule has 1 aromatic carbocycles. The first-order valence-corrected chi connectivity index (χ1v) is 23.4. The third-order valence-electron chi connectivity index (χ3n) is 10.7. The first-order valence-electron chi connectivity index (χ1n) is 22.1. The average molecular weight is 954 g/mol. The van der Waals surface area contributed by atoms with Gasteiger partial charge in [0.2, 0.25) is 11.5 Å². The van der Waals surface area contributed by atoms with Crippen molar-refractivity contribution in [1.82, 2.24) is 0 Å². The van der Waals surface area contributed by atoms with E-state index in [1.807, 2.05) is 38.1 Å². The van der Waals surface area contributed by atoms with Gasteiger partial charge in [-0.25, -0.2) is 27.5 Å². The molecular weight excluding hydrogens is 880 g/mol. The Kier molecular flexibility index (Phi) is 17.7. The van der Waals surface area contributed by atoms with Crippen LogP contribution in [0, 0.1) is 21.1 Å². The fourth-order valence-corrected chi connectivity index (χ4v) is 6.14. The Morgan fingerprint density at radius 1 is 0.567 bits per heavy atom. The van der Waals surface area contributed by atoms with Crippen molar-refractivity contribution in [3.8, 4) is 11.5 Å². The molecule has 67 heavy (non-hydrogen) atoms. The van der Waals surface area contributed by atoms with E-state index in [0.29, 0.717) is 11.1 Å². The third kappa shape index (κ3) is 15.6. The van der Waals surface area contributed by atoms with Crippen molar-refractivity contribution in [2.75, 3.05) is 0 Å². The molecule has 2 aromatic heterocycles. The normalized spacial score (nSPS) is 15.7. The minimum atomic E-state index is -4.94. The highest BCUT2D eigenvalue weighted by atomic mass is 35.7. The molecule has 14 heteroatoms. The second kappa shape index (κ2) is 20.4. The number of halogens is 1. The van der Waals surface area contributed by atoms with Gasteiger partial charge in [-0.15, -0.1) is 10.2 Å².